The summed E-state index contributed by atoms with van der Waals surface area (Å²) in [6.45, 7) is 4.13. The number of alkyl halides is 1. The van der Waals surface area contributed by atoms with Crippen molar-refractivity contribution in [2.45, 2.75) is 32.1 Å². The molecule has 1 aromatic rings. The van der Waals surface area contributed by atoms with Crippen LogP contribution in [0.2, 0.25) is 0 Å². The highest BCUT2D eigenvalue weighted by molar-refractivity contribution is 9.11. The van der Waals surface area contributed by atoms with Gasteiger partial charge in [0.05, 0.1) is 16.8 Å². The number of hydrogen-bond donors (Lipinski definition) is 0. The second kappa shape index (κ2) is 7.72. The third kappa shape index (κ3) is 4.41. The van der Waals surface area contributed by atoms with Crippen LogP contribution >= 0.6 is 47.8 Å². The number of halogens is 3. The summed E-state index contributed by atoms with van der Waals surface area (Å²) in [5.74, 6) is 0.371. The molecule has 0 heterocycles. The molecule has 0 aromatic heterocycles. The predicted octanol–water partition coefficient (Wildman–Crippen LogP) is 5.37. The molecule has 0 spiro atoms. The number of ketones is 1. The Bertz CT molecular complexity index is 536. The molecular formula is C15H16Br3NO. The molecule has 0 saturated carbocycles. The van der Waals surface area contributed by atoms with Gasteiger partial charge in [0.25, 0.3) is 0 Å². The van der Waals surface area contributed by atoms with Gasteiger partial charge in [-0.05, 0) is 30.0 Å². The van der Waals surface area contributed by atoms with Crippen LogP contribution in [0.5, 0.6) is 0 Å². The fourth-order valence-electron chi connectivity index (χ4n) is 2.38. The minimum Gasteiger partial charge on any atom is -0.299 e. The molecule has 2 nitrogen and oxygen atoms in total. The largest absolute Gasteiger partial charge is 0.299 e. The lowest BCUT2D eigenvalue weighted by atomic mass is 9.72. The van der Waals surface area contributed by atoms with E-state index in [9.17, 15) is 10.1 Å². The summed E-state index contributed by atoms with van der Waals surface area (Å²) in [6, 6.07) is 8.14. The van der Waals surface area contributed by atoms with Crippen LogP contribution in [0.4, 0.5) is 0 Å². The average molecular weight is 466 g/mol. The molecule has 108 valence electrons. The first-order valence-electron chi connectivity index (χ1n) is 6.29. The predicted molar refractivity (Wildman–Crippen MR) is 92.0 cm³/mol. The Morgan fingerprint density at radius 1 is 1.40 bits per heavy atom. The lowest BCUT2D eigenvalue weighted by molar-refractivity contribution is -0.117. The molecule has 0 N–H and O–H groups in total. The fourth-order valence-corrected chi connectivity index (χ4v) is 4.01. The van der Waals surface area contributed by atoms with Crippen molar-refractivity contribution in [2.75, 3.05) is 5.33 Å². The van der Waals surface area contributed by atoms with Crippen LogP contribution in [0, 0.1) is 17.2 Å². The summed E-state index contributed by atoms with van der Waals surface area (Å²) in [7, 11) is 0. The van der Waals surface area contributed by atoms with Gasteiger partial charge in [-0.15, -0.1) is 0 Å². The van der Waals surface area contributed by atoms with Gasteiger partial charge in [-0.25, -0.2) is 0 Å². The molecule has 0 aliphatic heterocycles. The Morgan fingerprint density at radius 2 is 2.05 bits per heavy atom. The minimum absolute atomic E-state index is 0.0435. The quantitative estimate of drug-likeness (QED) is 0.530. The van der Waals surface area contributed by atoms with E-state index in [0.29, 0.717) is 12.3 Å². The first-order valence-corrected chi connectivity index (χ1v) is 9.00. The summed E-state index contributed by atoms with van der Waals surface area (Å²) >= 11 is 10.1. The highest BCUT2D eigenvalue weighted by Crippen LogP contribution is 2.39. The molecule has 0 radical (unpaired) electrons. The van der Waals surface area contributed by atoms with Crippen LogP contribution in [-0.4, -0.2) is 11.1 Å². The topological polar surface area (TPSA) is 40.9 Å². The van der Waals surface area contributed by atoms with Crippen molar-refractivity contribution in [1.82, 2.24) is 0 Å². The zero-order chi connectivity index (χ0) is 15.3. The number of rotatable bonds is 6. The molecule has 0 fully saturated rings. The van der Waals surface area contributed by atoms with Crippen molar-refractivity contribution in [1.29, 1.82) is 5.26 Å². The second-order valence-corrected chi connectivity index (χ2v) is 7.60. The van der Waals surface area contributed by atoms with Gasteiger partial charge in [-0.2, -0.15) is 5.26 Å². The van der Waals surface area contributed by atoms with Crippen LogP contribution in [0.1, 0.15) is 32.3 Å². The van der Waals surface area contributed by atoms with Gasteiger partial charge in [0.15, 0.2) is 0 Å². The summed E-state index contributed by atoms with van der Waals surface area (Å²) in [5.41, 5.74) is 0.102. The smallest absolute Gasteiger partial charge is 0.145 e. The average Bonchev–Trinajstić information content (AvgIpc) is 2.37. The van der Waals surface area contributed by atoms with Gasteiger partial charge >= 0.3 is 0 Å². The van der Waals surface area contributed by atoms with Gasteiger partial charge < -0.3 is 0 Å². The zero-order valence-electron chi connectivity index (χ0n) is 11.4. The number of hydrogen-bond acceptors (Lipinski definition) is 2. The lowest BCUT2D eigenvalue weighted by Gasteiger charge is -2.29. The minimum atomic E-state index is -0.779. The first-order chi connectivity index (χ1) is 9.34. The lowest BCUT2D eigenvalue weighted by Crippen LogP contribution is -2.30. The number of nitrogens with zero attached hydrogens (tertiary/aromatic N) is 1. The summed E-state index contributed by atoms with van der Waals surface area (Å²) in [6.07, 6.45) is 0.885. The van der Waals surface area contributed by atoms with Crippen molar-refractivity contribution >= 4 is 53.6 Å². The van der Waals surface area contributed by atoms with E-state index in [2.05, 4.69) is 67.7 Å². The molecule has 1 aromatic carbocycles. The van der Waals surface area contributed by atoms with Gasteiger partial charge in [0, 0.05) is 15.4 Å². The van der Waals surface area contributed by atoms with E-state index in [1.54, 1.807) is 0 Å². The maximum Gasteiger partial charge on any atom is 0.145 e. The molecule has 0 aliphatic carbocycles. The Kier molecular flexibility index (Phi) is 6.90. The number of Topliss-reactive ketones (excluding diaryl/α,β-unsaturated/α-hetero) is 1. The van der Waals surface area contributed by atoms with E-state index in [0.717, 1.165) is 14.5 Å². The molecule has 1 rings (SSSR count). The van der Waals surface area contributed by atoms with Crippen molar-refractivity contribution in [2.24, 2.45) is 5.92 Å². The van der Waals surface area contributed by atoms with Gasteiger partial charge in [-0.3, -0.25) is 4.79 Å². The monoisotopic (exact) mass is 463 g/mol. The molecule has 20 heavy (non-hydrogen) atoms. The van der Waals surface area contributed by atoms with Gasteiger partial charge in [0.2, 0.25) is 0 Å². The maximum absolute atomic E-state index is 11.9. The SMILES string of the molecule is CC(C)CC(C#N)(CC(=O)CBr)c1ccc(Br)cc1Br. The van der Waals surface area contributed by atoms with E-state index in [4.69, 9.17) is 0 Å². The van der Waals surface area contributed by atoms with E-state index in [1.165, 1.54) is 0 Å². The normalized spacial score (nSPS) is 13.8. The van der Waals surface area contributed by atoms with Crippen molar-refractivity contribution < 1.29 is 4.79 Å². The second-order valence-electron chi connectivity index (χ2n) is 5.27. The Morgan fingerprint density at radius 3 is 2.50 bits per heavy atom. The molecule has 0 saturated heterocycles. The highest BCUT2D eigenvalue weighted by atomic mass is 79.9. The van der Waals surface area contributed by atoms with E-state index in [1.807, 2.05) is 18.2 Å². The molecule has 0 amide bonds. The summed E-state index contributed by atoms with van der Waals surface area (Å²) in [4.78, 5) is 11.9. The third-order valence-corrected chi connectivity index (χ3v) is 4.84. The Hall–Kier alpha value is -0.180. The van der Waals surface area contributed by atoms with E-state index in [-0.39, 0.29) is 17.5 Å². The fraction of sp³-hybridized carbons (Fsp3) is 0.467. The third-order valence-electron chi connectivity index (χ3n) is 3.07. The van der Waals surface area contributed by atoms with Crippen LogP contribution in [0.25, 0.3) is 0 Å². The zero-order valence-corrected chi connectivity index (χ0v) is 16.2. The van der Waals surface area contributed by atoms with Crippen LogP contribution in [0.3, 0.4) is 0 Å². The number of carbonyl (C=O) groups excluding carboxylic acids is 1. The Balaban J connectivity index is 3.34. The first kappa shape index (κ1) is 17.9. The molecular weight excluding hydrogens is 450 g/mol. The number of nitriles is 1. The molecule has 1 atom stereocenters. The molecule has 0 aliphatic rings. The van der Waals surface area contributed by atoms with Crippen LogP contribution in [0.15, 0.2) is 27.1 Å². The van der Waals surface area contributed by atoms with Gasteiger partial charge in [-0.1, -0.05) is 67.7 Å². The standard InChI is InChI=1S/C15H16Br3NO/c1-10(2)6-15(9-19,7-12(20)8-16)13-4-3-11(17)5-14(13)18/h3-5,10H,6-8H2,1-2H3. The van der Waals surface area contributed by atoms with Crippen molar-refractivity contribution in [3.8, 4) is 6.07 Å². The van der Waals surface area contributed by atoms with Crippen LogP contribution in [-0.2, 0) is 10.2 Å². The van der Waals surface area contributed by atoms with Crippen molar-refractivity contribution in [3.63, 3.8) is 0 Å². The summed E-state index contributed by atoms with van der Waals surface area (Å²) < 4.78 is 1.80. The maximum atomic E-state index is 11.9. The number of benzene rings is 1. The molecule has 0 bridgehead atoms. The summed E-state index contributed by atoms with van der Waals surface area (Å²) in [5, 5.41) is 10.0. The van der Waals surface area contributed by atoms with Crippen molar-refractivity contribution in [3.05, 3.63) is 32.7 Å². The van der Waals surface area contributed by atoms with Crippen LogP contribution < -0.4 is 0 Å². The number of carbonyl (C=O) groups is 1. The van der Waals surface area contributed by atoms with E-state index >= 15 is 0 Å². The highest BCUT2D eigenvalue weighted by Gasteiger charge is 2.36. The molecule has 5 heteroatoms. The Labute approximate surface area is 145 Å². The van der Waals surface area contributed by atoms with Gasteiger partial charge in [0.1, 0.15) is 5.78 Å². The van der Waals surface area contributed by atoms with E-state index < -0.39 is 5.41 Å². The molecule has 1 unspecified atom stereocenters.